The second-order valence-electron chi connectivity index (χ2n) is 5.11. The van der Waals surface area contributed by atoms with Gasteiger partial charge in [0.1, 0.15) is 11.9 Å². The average molecular weight is 398 g/mol. The number of likely N-dealkylation sites (tertiary alicyclic amines) is 1. The fourth-order valence-corrected chi connectivity index (χ4v) is 3.52. The molecule has 1 atom stereocenters. The minimum Gasteiger partial charge on any atom is -0.327 e. The summed E-state index contributed by atoms with van der Waals surface area (Å²) in [5.74, 6) is -1.11. The van der Waals surface area contributed by atoms with Crippen LogP contribution in [-0.2, 0) is 4.79 Å². The van der Waals surface area contributed by atoms with Crippen LogP contribution in [0.3, 0.4) is 0 Å². The van der Waals surface area contributed by atoms with Gasteiger partial charge in [0.15, 0.2) is 5.13 Å². The molecule has 3 rings (SSSR count). The highest BCUT2D eigenvalue weighted by Crippen LogP contribution is 2.26. The highest BCUT2D eigenvalue weighted by Gasteiger charge is 2.35. The average Bonchev–Trinajstić information content (AvgIpc) is 3.20. The third-order valence-electron chi connectivity index (χ3n) is 3.64. The maximum absolute atomic E-state index is 13.4. The molecule has 0 spiro atoms. The van der Waals surface area contributed by atoms with Gasteiger partial charge < -0.3 is 10.2 Å². The van der Waals surface area contributed by atoms with Gasteiger partial charge in [-0.2, -0.15) is 0 Å². The lowest BCUT2D eigenvalue weighted by Crippen LogP contribution is -2.43. The second-order valence-corrected chi connectivity index (χ2v) is 6.86. The van der Waals surface area contributed by atoms with Crippen LogP contribution in [0.15, 0.2) is 34.2 Å². The Morgan fingerprint density at radius 3 is 3.00 bits per heavy atom. The fraction of sp³-hybridized carbons (Fsp3) is 0.267. The summed E-state index contributed by atoms with van der Waals surface area (Å²) in [7, 11) is 0. The Balaban J connectivity index is 1.79. The van der Waals surface area contributed by atoms with E-state index in [0.717, 1.165) is 6.42 Å². The maximum atomic E-state index is 13.4. The van der Waals surface area contributed by atoms with Gasteiger partial charge in [-0.1, -0.05) is 0 Å². The zero-order valence-corrected chi connectivity index (χ0v) is 14.4. The van der Waals surface area contributed by atoms with E-state index in [4.69, 9.17) is 0 Å². The first-order valence-corrected chi connectivity index (χ1v) is 8.70. The first kappa shape index (κ1) is 16.1. The quantitative estimate of drug-likeness (QED) is 0.863. The van der Waals surface area contributed by atoms with E-state index in [0.29, 0.717) is 22.6 Å². The number of rotatable bonds is 3. The number of thiazole rings is 1. The van der Waals surface area contributed by atoms with Crippen molar-refractivity contribution in [2.75, 3.05) is 11.9 Å². The Kier molecular flexibility index (Phi) is 4.72. The molecule has 1 N–H and O–H groups in total. The van der Waals surface area contributed by atoms with Gasteiger partial charge in [0.05, 0.1) is 5.56 Å². The van der Waals surface area contributed by atoms with Crippen molar-refractivity contribution in [3.63, 3.8) is 0 Å². The molecule has 1 aromatic heterocycles. The molecule has 0 saturated carbocycles. The SMILES string of the molecule is O=C(Nc1nccs1)C1CCCN1C(=O)c1cc(F)ccc1Br. The zero-order valence-electron chi connectivity index (χ0n) is 12.0. The van der Waals surface area contributed by atoms with Gasteiger partial charge >= 0.3 is 0 Å². The van der Waals surface area contributed by atoms with Gasteiger partial charge in [0.25, 0.3) is 5.91 Å². The van der Waals surface area contributed by atoms with Gasteiger partial charge in [-0.15, -0.1) is 11.3 Å². The molecule has 0 aliphatic carbocycles. The van der Waals surface area contributed by atoms with E-state index in [9.17, 15) is 14.0 Å². The lowest BCUT2D eigenvalue weighted by Gasteiger charge is -2.24. The summed E-state index contributed by atoms with van der Waals surface area (Å²) in [6.45, 7) is 0.470. The Hall–Kier alpha value is -1.80. The van der Waals surface area contributed by atoms with Gasteiger partial charge in [0, 0.05) is 22.6 Å². The predicted octanol–water partition coefficient (Wildman–Crippen LogP) is 3.29. The normalized spacial score (nSPS) is 17.3. The molecule has 1 aliphatic rings. The highest BCUT2D eigenvalue weighted by atomic mass is 79.9. The largest absolute Gasteiger partial charge is 0.327 e. The molecule has 1 saturated heterocycles. The molecule has 120 valence electrons. The summed E-state index contributed by atoms with van der Waals surface area (Å²) in [4.78, 5) is 30.6. The lowest BCUT2D eigenvalue weighted by atomic mass is 10.1. The van der Waals surface area contributed by atoms with Gasteiger partial charge in [-0.05, 0) is 47.0 Å². The molecule has 1 aromatic carbocycles. The van der Waals surface area contributed by atoms with Crippen LogP contribution in [0.25, 0.3) is 0 Å². The van der Waals surface area contributed by atoms with Gasteiger partial charge in [-0.25, -0.2) is 9.37 Å². The van der Waals surface area contributed by atoms with Crippen LogP contribution in [-0.4, -0.2) is 34.3 Å². The lowest BCUT2D eigenvalue weighted by molar-refractivity contribution is -0.119. The Morgan fingerprint density at radius 2 is 2.26 bits per heavy atom. The Bertz CT molecular complexity index is 738. The summed E-state index contributed by atoms with van der Waals surface area (Å²) in [5.41, 5.74) is 0.221. The number of carbonyl (C=O) groups is 2. The molecule has 2 heterocycles. The summed E-state index contributed by atoms with van der Waals surface area (Å²) >= 11 is 4.58. The van der Waals surface area contributed by atoms with E-state index >= 15 is 0 Å². The van der Waals surface area contributed by atoms with Crippen molar-refractivity contribution in [2.45, 2.75) is 18.9 Å². The number of hydrogen-bond acceptors (Lipinski definition) is 4. The minimum atomic E-state index is -0.568. The summed E-state index contributed by atoms with van der Waals surface area (Å²) in [6.07, 6.45) is 2.91. The number of aromatic nitrogens is 1. The molecule has 2 aromatic rings. The van der Waals surface area contributed by atoms with Crippen molar-refractivity contribution in [3.8, 4) is 0 Å². The molecule has 5 nitrogen and oxygen atoms in total. The van der Waals surface area contributed by atoms with Crippen LogP contribution in [0, 0.1) is 5.82 Å². The van der Waals surface area contributed by atoms with Crippen LogP contribution in [0.2, 0.25) is 0 Å². The third kappa shape index (κ3) is 3.42. The molecule has 1 unspecified atom stereocenters. The van der Waals surface area contributed by atoms with Crippen molar-refractivity contribution < 1.29 is 14.0 Å². The topological polar surface area (TPSA) is 62.3 Å². The van der Waals surface area contributed by atoms with Crippen molar-refractivity contribution in [3.05, 3.63) is 45.6 Å². The number of carbonyl (C=O) groups excluding carboxylic acids is 2. The van der Waals surface area contributed by atoms with Crippen molar-refractivity contribution in [2.24, 2.45) is 0 Å². The molecule has 0 radical (unpaired) electrons. The van der Waals surface area contributed by atoms with Crippen LogP contribution in [0.5, 0.6) is 0 Å². The van der Waals surface area contributed by atoms with Crippen LogP contribution >= 0.6 is 27.3 Å². The van der Waals surface area contributed by atoms with Gasteiger partial charge in [0.2, 0.25) is 5.91 Å². The first-order chi connectivity index (χ1) is 11.1. The van der Waals surface area contributed by atoms with Crippen LogP contribution in [0.4, 0.5) is 9.52 Å². The molecule has 23 heavy (non-hydrogen) atoms. The number of hydrogen-bond donors (Lipinski definition) is 1. The summed E-state index contributed by atoms with van der Waals surface area (Å²) in [6, 6.07) is 3.38. The molecular weight excluding hydrogens is 385 g/mol. The molecule has 8 heteroatoms. The number of halogens is 2. The fourth-order valence-electron chi connectivity index (χ4n) is 2.57. The van der Waals surface area contributed by atoms with Crippen molar-refractivity contribution in [1.29, 1.82) is 0 Å². The number of nitrogens with one attached hydrogen (secondary N) is 1. The second kappa shape index (κ2) is 6.76. The molecule has 1 aliphatic heterocycles. The summed E-state index contributed by atoms with van der Waals surface area (Å²) in [5, 5.41) is 4.98. The smallest absolute Gasteiger partial charge is 0.255 e. The number of nitrogens with zero attached hydrogens (tertiary/aromatic N) is 2. The van der Waals surface area contributed by atoms with Crippen molar-refractivity contribution in [1.82, 2.24) is 9.88 Å². The van der Waals surface area contributed by atoms with Crippen LogP contribution in [0.1, 0.15) is 23.2 Å². The maximum Gasteiger partial charge on any atom is 0.255 e. The molecule has 0 bridgehead atoms. The van der Waals surface area contributed by atoms with Gasteiger partial charge in [-0.3, -0.25) is 9.59 Å². The van der Waals surface area contributed by atoms with Crippen molar-refractivity contribution >= 4 is 44.2 Å². The molecular formula is C15H13BrFN3O2S. The Morgan fingerprint density at radius 1 is 1.43 bits per heavy atom. The highest BCUT2D eigenvalue weighted by molar-refractivity contribution is 9.10. The zero-order chi connectivity index (χ0) is 16.4. The number of amides is 2. The van der Waals surface area contributed by atoms with E-state index in [-0.39, 0.29) is 17.4 Å². The van der Waals surface area contributed by atoms with Crippen LogP contribution < -0.4 is 5.32 Å². The summed E-state index contributed by atoms with van der Waals surface area (Å²) < 4.78 is 13.9. The van der Waals surface area contributed by atoms with E-state index in [1.54, 1.807) is 11.6 Å². The number of benzene rings is 1. The van der Waals surface area contributed by atoms with E-state index in [1.807, 2.05) is 0 Å². The Labute approximate surface area is 144 Å². The van der Waals surface area contributed by atoms with E-state index < -0.39 is 11.9 Å². The predicted molar refractivity (Wildman–Crippen MR) is 88.9 cm³/mol. The monoisotopic (exact) mass is 397 g/mol. The number of anilines is 1. The minimum absolute atomic E-state index is 0.221. The first-order valence-electron chi connectivity index (χ1n) is 7.02. The van der Waals surface area contributed by atoms with E-state index in [2.05, 4.69) is 26.2 Å². The standard InChI is InChI=1S/C15H13BrFN3O2S/c16-11-4-3-9(17)8-10(11)14(22)20-6-1-2-12(20)13(21)19-15-18-5-7-23-15/h3-5,7-8,12H,1-2,6H2,(H,18,19,21). The third-order valence-corrected chi connectivity index (χ3v) is 5.02. The molecule has 2 amide bonds. The molecule has 1 fully saturated rings. The van der Waals surface area contributed by atoms with E-state index in [1.165, 1.54) is 34.4 Å².